The number of hydrogen-bond acceptors (Lipinski definition) is 0. The van der Waals surface area contributed by atoms with Gasteiger partial charge in [0.15, 0.2) is 0 Å². The first-order valence-electron chi connectivity index (χ1n) is 7.40. The largest absolute Gasteiger partial charge is 0.349 e. The van der Waals surface area contributed by atoms with E-state index >= 15 is 0 Å². The molecule has 3 rings (SSSR count). The summed E-state index contributed by atoms with van der Waals surface area (Å²) in [5.41, 5.74) is 2.79. The van der Waals surface area contributed by atoms with Gasteiger partial charge in [0.1, 0.15) is 0 Å². The lowest BCUT2D eigenvalue weighted by molar-refractivity contribution is 0.428. The van der Waals surface area contributed by atoms with Crippen LogP contribution in [0.5, 0.6) is 0 Å². The molecule has 0 aliphatic heterocycles. The van der Waals surface area contributed by atoms with Crippen LogP contribution in [0.15, 0.2) is 48.5 Å². The van der Waals surface area contributed by atoms with Gasteiger partial charge in [-0.1, -0.05) is 43.3 Å². The van der Waals surface area contributed by atoms with Crippen molar-refractivity contribution < 1.29 is 0 Å². The number of aromatic nitrogens is 1. The van der Waals surface area contributed by atoms with Gasteiger partial charge >= 0.3 is 0 Å². The Kier molecular flexibility index (Phi) is 3.92. The van der Waals surface area contributed by atoms with E-state index in [9.17, 15) is 0 Å². The predicted molar refractivity (Wildman–Crippen MR) is 95.4 cm³/mol. The molecule has 102 valence electrons. The second-order valence-electron chi connectivity index (χ2n) is 5.76. The molecule has 20 heavy (non-hydrogen) atoms. The van der Waals surface area contributed by atoms with Crippen LogP contribution in [0.25, 0.3) is 21.8 Å². The van der Waals surface area contributed by atoms with Crippen molar-refractivity contribution in [3.8, 4) is 0 Å². The SMILES string of the molecule is CC[C]([AlH2])(CCP)n1c2ccccc2c2ccccc21. The summed E-state index contributed by atoms with van der Waals surface area (Å²) < 4.78 is 2.93. The van der Waals surface area contributed by atoms with Crippen LogP contribution in [0.4, 0.5) is 0 Å². The lowest BCUT2D eigenvalue weighted by Gasteiger charge is -2.33. The molecule has 0 spiro atoms. The molecule has 0 radical (unpaired) electrons. The van der Waals surface area contributed by atoms with Crippen LogP contribution in [0.1, 0.15) is 19.8 Å². The average molecular weight is 297 g/mol. The zero-order valence-electron chi connectivity index (χ0n) is 12.3. The van der Waals surface area contributed by atoms with Crippen molar-refractivity contribution in [1.29, 1.82) is 0 Å². The lowest BCUT2D eigenvalue weighted by Crippen LogP contribution is -2.33. The smallest absolute Gasteiger partial charge is 0.254 e. The molecule has 2 atom stereocenters. The summed E-state index contributed by atoms with van der Waals surface area (Å²) in [5.74, 6) is 0. The number of benzene rings is 2. The maximum Gasteiger partial charge on any atom is 0.254 e. The number of nitrogens with zero attached hydrogens (tertiary/aromatic N) is 1. The van der Waals surface area contributed by atoms with E-state index in [2.05, 4.69) is 69.3 Å². The Morgan fingerprint density at radius 1 is 1.00 bits per heavy atom. The molecule has 1 nitrogen and oxygen atoms in total. The van der Waals surface area contributed by atoms with Gasteiger partial charge in [-0.05, 0) is 35.5 Å². The molecule has 3 heteroatoms. The van der Waals surface area contributed by atoms with E-state index in [1.807, 2.05) is 0 Å². The highest BCUT2D eigenvalue weighted by Crippen LogP contribution is 2.35. The second kappa shape index (κ2) is 5.53. The molecule has 0 saturated heterocycles. The molecule has 0 bridgehead atoms. The summed E-state index contributed by atoms with van der Waals surface area (Å²) in [6.07, 6.45) is 3.61. The standard InChI is InChI=1S/C17H19NP.Al.2H/c1-2-13(11-12-19)18-16-9-5-3-7-14(16)15-8-4-6-10-17(15)18;;;/h3-10H,2,11-12,19H2,1H3;;;. The first kappa shape index (κ1) is 14.2. The third-order valence-corrected chi connectivity index (χ3v) is 6.51. The van der Waals surface area contributed by atoms with Gasteiger partial charge in [0.25, 0.3) is 16.3 Å². The Bertz CT molecular complexity index is 696. The first-order valence-corrected chi connectivity index (χ1v) is 9.21. The molecular weight excluding hydrogens is 276 g/mol. The molecule has 2 unspecified atom stereocenters. The number of para-hydroxylation sites is 2. The van der Waals surface area contributed by atoms with Crippen molar-refractivity contribution in [2.45, 2.75) is 24.2 Å². The molecule has 2 aromatic carbocycles. The maximum atomic E-state index is 2.90. The third-order valence-electron chi connectivity index (χ3n) is 4.56. The Morgan fingerprint density at radius 3 is 1.95 bits per heavy atom. The van der Waals surface area contributed by atoms with Gasteiger partial charge in [-0.2, -0.15) is 0 Å². The summed E-state index contributed by atoms with van der Waals surface area (Å²) in [7, 11) is 2.90. The normalized spacial score (nSPS) is 14.7. The highest BCUT2D eigenvalue weighted by molar-refractivity contribution is 7.16. The molecule has 0 aliphatic carbocycles. The highest BCUT2D eigenvalue weighted by Gasteiger charge is 2.26. The van der Waals surface area contributed by atoms with Crippen molar-refractivity contribution in [3.05, 3.63) is 48.5 Å². The average Bonchev–Trinajstić information content (AvgIpc) is 2.82. The van der Waals surface area contributed by atoms with Gasteiger partial charge in [0.05, 0.1) is 0 Å². The zero-order chi connectivity index (χ0) is 14.2. The maximum absolute atomic E-state index is 2.90. The fourth-order valence-corrected chi connectivity index (χ4v) is 5.23. The quantitative estimate of drug-likeness (QED) is 0.510. The summed E-state index contributed by atoms with van der Waals surface area (Å²) in [4.78, 5) is 0. The fraction of sp³-hybridized carbons (Fsp3) is 0.294. The van der Waals surface area contributed by atoms with E-state index in [-0.39, 0.29) is 0 Å². The first-order chi connectivity index (χ1) is 9.71. The van der Waals surface area contributed by atoms with Gasteiger partial charge < -0.3 is 4.57 Å². The Hall–Kier alpha value is -0.798. The molecule has 0 saturated carbocycles. The van der Waals surface area contributed by atoms with Gasteiger partial charge in [-0.3, -0.25) is 0 Å². The van der Waals surface area contributed by atoms with Crippen molar-refractivity contribution in [2.24, 2.45) is 0 Å². The van der Waals surface area contributed by atoms with Crippen molar-refractivity contribution in [3.63, 3.8) is 0 Å². The Morgan fingerprint density at radius 2 is 1.50 bits per heavy atom. The van der Waals surface area contributed by atoms with Crippen LogP contribution >= 0.6 is 9.24 Å². The third kappa shape index (κ3) is 2.12. The number of rotatable bonds is 4. The molecule has 0 N–H and O–H groups in total. The minimum absolute atomic E-state index is 0.310. The van der Waals surface area contributed by atoms with Gasteiger partial charge in [-0.25, -0.2) is 0 Å². The van der Waals surface area contributed by atoms with Crippen LogP contribution in [-0.4, -0.2) is 27.0 Å². The van der Waals surface area contributed by atoms with E-state index in [1.165, 1.54) is 50.9 Å². The zero-order valence-corrected chi connectivity index (χ0v) is 15.4. The Balaban J connectivity index is 2.42. The predicted octanol–water partition coefficient (Wildman–Crippen LogP) is 3.76. The van der Waals surface area contributed by atoms with E-state index in [1.54, 1.807) is 0 Å². The lowest BCUT2D eigenvalue weighted by atomic mass is 10.1. The van der Waals surface area contributed by atoms with Crippen LogP contribution < -0.4 is 0 Å². The molecule has 1 aromatic heterocycles. The Labute approximate surface area is 131 Å². The van der Waals surface area contributed by atoms with Gasteiger partial charge in [0, 0.05) is 21.8 Å². The molecular formula is C17H21AlNP. The van der Waals surface area contributed by atoms with E-state index < -0.39 is 0 Å². The van der Waals surface area contributed by atoms with E-state index in [4.69, 9.17) is 0 Å². The molecule has 0 aliphatic rings. The monoisotopic (exact) mass is 297 g/mol. The van der Waals surface area contributed by atoms with Crippen molar-refractivity contribution in [1.82, 2.24) is 4.57 Å². The molecule has 3 aromatic rings. The molecule has 1 heterocycles. The van der Waals surface area contributed by atoms with Crippen LogP contribution in [0.2, 0.25) is 0 Å². The van der Waals surface area contributed by atoms with Crippen molar-refractivity contribution >= 4 is 47.3 Å². The summed E-state index contributed by atoms with van der Waals surface area (Å²) >= 11 is 1.17. The highest BCUT2D eigenvalue weighted by atomic mass is 31.0. The molecule has 0 fully saturated rings. The number of hydrogen-bond donors (Lipinski definition) is 0. The summed E-state index contributed by atoms with van der Waals surface area (Å²) in [6.45, 7) is 2.33. The van der Waals surface area contributed by atoms with Crippen LogP contribution in [0.3, 0.4) is 0 Å². The van der Waals surface area contributed by atoms with Crippen molar-refractivity contribution in [2.75, 3.05) is 6.16 Å². The topological polar surface area (TPSA) is 4.93 Å². The number of fused-ring (bicyclic) bond motifs is 3. The van der Waals surface area contributed by atoms with E-state index in [0.717, 1.165) is 6.16 Å². The fourth-order valence-electron chi connectivity index (χ4n) is 3.26. The minimum atomic E-state index is 0.310. The second-order valence-corrected chi connectivity index (χ2v) is 8.20. The summed E-state index contributed by atoms with van der Waals surface area (Å²) in [5, 5.41) is 2.78. The van der Waals surface area contributed by atoms with Gasteiger partial charge in [-0.15, -0.1) is 9.24 Å². The molecule has 0 amide bonds. The minimum Gasteiger partial charge on any atom is -0.349 e. The van der Waals surface area contributed by atoms with Crippen LogP contribution in [-0.2, 0) is 4.40 Å². The van der Waals surface area contributed by atoms with E-state index in [0.29, 0.717) is 4.40 Å². The summed E-state index contributed by atoms with van der Waals surface area (Å²) in [6, 6.07) is 17.7. The van der Waals surface area contributed by atoms with Crippen LogP contribution in [0, 0.1) is 0 Å². The van der Waals surface area contributed by atoms with Gasteiger partial charge in [0.2, 0.25) is 0 Å².